The van der Waals surface area contributed by atoms with Gasteiger partial charge < -0.3 is 15.7 Å². The molecule has 0 spiro atoms. The molecule has 1 aliphatic heterocycles. The fraction of sp³-hybridized carbons (Fsp3) is 0.409. The van der Waals surface area contributed by atoms with Gasteiger partial charge in [-0.1, -0.05) is 35.3 Å². The van der Waals surface area contributed by atoms with Crippen molar-refractivity contribution >= 4 is 50.9 Å². The van der Waals surface area contributed by atoms with E-state index in [1.165, 1.54) is 18.2 Å². The van der Waals surface area contributed by atoms with Crippen molar-refractivity contribution < 1.29 is 28.0 Å². The molecule has 2 aromatic rings. The zero-order valence-electron chi connectivity index (χ0n) is 19.1. The number of pyridine rings is 1. The van der Waals surface area contributed by atoms with Crippen molar-refractivity contribution in [1.29, 1.82) is 0 Å². The van der Waals surface area contributed by atoms with Gasteiger partial charge >= 0.3 is 5.97 Å². The van der Waals surface area contributed by atoms with Crippen molar-refractivity contribution in [3.63, 3.8) is 0 Å². The van der Waals surface area contributed by atoms with Crippen LogP contribution >= 0.6 is 23.2 Å². The minimum Gasteiger partial charge on any atom is -0.480 e. The average molecular weight is 560 g/mol. The number of hydrogen-bond donors (Lipinski definition) is 5. The Balaban J connectivity index is 1.42. The summed E-state index contributed by atoms with van der Waals surface area (Å²) in [6.45, 7) is 0.268. The van der Waals surface area contributed by atoms with Gasteiger partial charge in [0.2, 0.25) is 15.9 Å². The predicted octanol–water partition coefficient (Wildman–Crippen LogP) is 2.18. The molecule has 196 valence electrons. The zero-order valence-corrected chi connectivity index (χ0v) is 21.4. The van der Waals surface area contributed by atoms with Gasteiger partial charge in [0.15, 0.2) is 0 Å². The van der Waals surface area contributed by atoms with E-state index in [0.717, 1.165) is 31.6 Å². The van der Waals surface area contributed by atoms with E-state index in [2.05, 4.69) is 21.1 Å². The van der Waals surface area contributed by atoms with Crippen LogP contribution in [0.25, 0.3) is 0 Å². The first-order chi connectivity index (χ1) is 17.2. The van der Waals surface area contributed by atoms with Crippen molar-refractivity contribution in [2.45, 2.75) is 48.8 Å². The number of sulfonamides is 1. The van der Waals surface area contributed by atoms with Crippen LogP contribution in [0.15, 0.2) is 47.5 Å². The number of nitrogens with zero attached hydrogens (tertiary/aromatic N) is 1. The summed E-state index contributed by atoms with van der Waals surface area (Å²) in [6, 6.07) is 7.40. The zero-order chi connectivity index (χ0) is 26.1. The van der Waals surface area contributed by atoms with E-state index < -0.39 is 45.4 Å². The Bertz CT molecular complexity index is 1130. The van der Waals surface area contributed by atoms with Crippen LogP contribution in [0.2, 0.25) is 10.0 Å². The number of hydrogen-bond acceptors (Lipinski definition) is 8. The molecule has 11 nitrogen and oxygen atoms in total. The molecule has 36 heavy (non-hydrogen) atoms. The van der Waals surface area contributed by atoms with Gasteiger partial charge in [-0.3, -0.25) is 14.4 Å². The number of carboxylic acids is 1. The summed E-state index contributed by atoms with van der Waals surface area (Å²) in [5, 5.41) is 14.8. The molecule has 0 bridgehead atoms. The highest BCUT2D eigenvalue weighted by atomic mass is 35.5. The maximum Gasteiger partial charge on any atom is 0.323 e. The highest BCUT2D eigenvalue weighted by Crippen LogP contribution is 2.29. The molecule has 1 aliphatic rings. The average Bonchev–Trinajstić information content (AvgIpc) is 3.30. The largest absolute Gasteiger partial charge is 0.480 e. The number of nitrogens with one attached hydrogen (secondary N) is 4. The number of unbranched alkanes of at least 4 members (excludes halogenated alkanes) is 1. The van der Waals surface area contributed by atoms with Crippen LogP contribution in [-0.4, -0.2) is 61.7 Å². The third-order valence-corrected chi connectivity index (χ3v) is 7.81. The lowest BCUT2D eigenvalue weighted by molar-refractivity contribution is -0.139. The molecule has 1 fully saturated rings. The molecular weight excluding hydrogens is 533 g/mol. The van der Waals surface area contributed by atoms with Gasteiger partial charge in [-0.25, -0.2) is 13.4 Å². The fourth-order valence-corrected chi connectivity index (χ4v) is 5.88. The molecule has 1 aromatic heterocycles. The molecule has 0 aliphatic carbocycles. The van der Waals surface area contributed by atoms with Gasteiger partial charge in [0.05, 0.1) is 16.1 Å². The van der Waals surface area contributed by atoms with Crippen molar-refractivity contribution in [2.75, 3.05) is 18.4 Å². The number of halogens is 2. The van der Waals surface area contributed by atoms with Crippen LogP contribution in [0.3, 0.4) is 0 Å². The summed E-state index contributed by atoms with van der Waals surface area (Å²) in [5.74, 6) is -1.17. The molecule has 3 atom stereocenters. The summed E-state index contributed by atoms with van der Waals surface area (Å²) < 4.78 is 27.4. The van der Waals surface area contributed by atoms with Crippen LogP contribution in [0.1, 0.15) is 25.7 Å². The number of carboxylic acid groups (broad SMARTS) is 1. The molecule has 5 N–H and O–H groups in total. The Labute approximate surface area is 218 Å². The van der Waals surface area contributed by atoms with E-state index in [9.17, 15) is 23.1 Å². The number of aliphatic carboxylic acids is 1. The molecule has 14 heteroatoms. The third-order valence-electron chi connectivity index (χ3n) is 5.38. The first kappa shape index (κ1) is 28.1. The Hall–Kier alpha value is -2.48. The summed E-state index contributed by atoms with van der Waals surface area (Å²) in [6.07, 6.45) is 4.44. The van der Waals surface area contributed by atoms with Crippen molar-refractivity contribution in [3.8, 4) is 0 Å². The molecular formula is C22H27Cl2N5O6S. The molecule has 2 heterocycles. The number of carbonyl (C=O) groups excluding carboxylic acids is 1. The Kier molecular flexibility index (Phi) is 10.3. The predicted molar refractivity (Wildman–Crippen MR) is 134 cm³/mol. The van der Waals surface area contributed by atoms with Gasteiger partial charge in [-0.15, -0.1) is 0 Å². The van der Waals surface area contributed by atoms with Crippen molar-refractivity contribution in [1.82, 2.24) is 20.5 Å². The smallest absolute Gasteiger partial charge is 0.323 e. The van der Waals surface area contributed by atoms with Crippen molar-refractivity contribution in [2.24, 2.45) is 0 Å². The number of carbonyl (C=O) groups is 2. The van der Waals surface area contributed by atoms with E-state index in [1.807, 2.05) is 22.9 Å². The lowest BCUT2D eigenvalue weighted by Crippen LogP contribution is -2.51. The normalized spacial score (nSPS) is 18.5. The summed E-state index contributed by atoms with van der Waals surface area (Å²) in [7, 11) is -4.37. The van der Waals surface area contributed by atoms with Gasteiger partial charge in [0.25, 0.3) is 0 Å². The van der Waals surface area contributed by atoms with E-state index >= 15 is 0 Å². The Morgan fingerprint density at radius 1 is 1.17 bits per heavy atom. The van der Waals surface area contributed by atoms with Gasteiger partial charge in [-0.05, 0) is 43.5 Å². The summed E-state index contributed by atoms with van der Waals surface area (Å²) in [4.78, 5) is 33.4. The molecule has 0 saturated carbocycles. The first-order valence-corrected chi connectivity index (χ1v) is 13.4. The number of amides is 1. The Morgan fingerprint density at radius 3 is 2.58 bits per heavy atom. The number of anilines is 1. The highest BCUT2D eigenvalue weighted by molar-refractivity contribution is 7.89. The quantitative estimate of drug-likeness (QED) is 0.232. The standard InChI is InChI=1S/C22H27Cl2N5O6S/c23-15-7-5-8-16(24)20(15)36(33,34)29-18(22(31)32)13-27-21(30)17-12-14(35-28-17)6-1-3-10-25-19-9-2-4-11-26-19/h2,4-5,7-9,11,14,17-18,28-29H,1,3,6,10,12-13H2,(H,25,26)(H,27,30)(H,31,32). The lowest BCUT2D eigenvalue weighted by Gasteiger charge is -2.18. The summed E-state index contributed by atoms with van der Waals surface area (Å²) >= 11 is 11.9. The molecule has 3 unspecified atom stereocenters. The maximum atomic E-state index is 12.7. The van der Waals surface area contributed by atoms with Crippen LogP contribution in [0.5, 0.6) is 0 Å². The van der Waals surface area contributed by atoms with Gasteiger partial charge in [0.1, 0.15) is 22.8 Å². The summed E-state index contributed by atoms with van der Waals surface area (Å²) in [5.41, 5.74) is 2.66. The van der Waals surface area contributed by atoms with E-state index in [1.54, 1.807) is 6.20 Å². The molecule has 3 rings (SSSR count). The van der Waals surface area contributed by atoms with Crippen LogP contribution in [0, 0.1) is 0 Å². The second-order valence-electron chi connectivity index (χ2n) is 8.09. The minimum atomic E-state index is -4.37. The van der Waals surface area contributed by atoms with Crippen molar-refractivity contribution in [3.05, 3.63) is 52.6 Å². The number of rotatable bonds is 13. The topological polar surface area (TPSA) is 159 Å². The van der Waals surface area contributed by atoms with Gasteiger partial charge in [0, 0.05) is 25.7 Å². The highest BCUT2D eigenvalue weighted by Gasteiger charge is 2.33. The maximum absolute atomic E-state index is 12.7. The van der Waals surface area contributed by atoms with Crippen LogP contribution < -0.4 is 20.8 Å². The monoisotopic (exact) mass is 559 g/mol. The minimum absolute atomic E-state index is 0.158. The molecule has 1 saturated heterocycles. The van der Waals surface area contributed by atoms with Crippen LogP contribution in [-0.2, 0) is 24.4 Å². The molecule has 0 radical (unpaired) electrons. The molecule has 1 amide bonds. The number of benzene rings is 1. The third kappa shape index (κ3) is 8.02. The Morgan fingerprint density at radius 2 is 1.92 bits per heavy atom. The van der Waals surface area contributed by atoms with E-state index in [4.69, 9.17) is 28.0 Å². The van der Waals surface area contributed by atoms with Gasteiger partial charge in [-0.2, -0.15) is 10.2 Å². The second kappa shape index (κ2) is 13.2. The van der Waals surface area contributed by atoms with E-state index in [-0.39, 0.29) is 16.1 Å². The number of aromatic nitrogens is 1. The van der Waals surface area contributed by atoms with Crippen LogP contribution in [0.4, 0.5) is 5.82 Å². The SMILES string of the molecule is O=C(O)C(CNC(=O)C1CC(CCCCNc2ccccn2)ON1)NS(=O)(=O)c1c(Cl)cccc1Cl. The first-order valence-electron chi connectivity index (χ1n) is 11.2. The number of hydroxylamine groups is 1. The molecule has 1 aromatic carbocycles. The second-order valence-corrected chi connectivity index (χ2v) is 10.6. The fourth-order valence-electron chi connectivity index (χ4n) is 3.55. The lowest BCUT2D eigenvalue weighted by atomic mass is 10.1. The van der Waals surface area contributed by atoms with E-state index in [0.29, 0.717) is 6.42 Å².